The topological polar surface area (TPSA) is 92.0 Å². The van der Waals surface area contributed by atoms with Gasteiger partial charge in [0, 0.05) is 6.08 Å². The molecular weight excluding hydrogens is 236 g/mol. The number of ether oxygens (including phenoxy) is 1. The number of carbonyl (C=O) groups excluding carboxylic acids is 1. The molecule has 0 saturated heterocycles. The molecule has 0 aliphatic heterocycles. The number of fused-ring (bicyclic) bond motifs is 1. The number of rotatable bonds is 2. The molecule has 92 valence electrons. The molecule has 0 saturated carbocycles. The SMILES string of the molecule is COC(=O)C=Cc1ccc2[nH]c(=O)[nH]c(=O)c2c1. The molecule has 0 aliphatic rings. The number of methoxy groups -OCH3 is 1. The molecule has 0 radical (unpaired) electrons. The Morgan fingerprint density at radius 2 is 2.06 bits per heavy atom. The monoisotopic (exact) mass is 246 g/mol. The molecule has 18 heavy (non-hydrogen) atoms. The minimum atomic E-state index is -0.551. The number of hydrogen-bond acceptors (Lipinski definition) is 4. The number of benzene rings is 1. The molecule has 0 atom stereocenters. The Balaban J connectivity index is 2.51. The smallest absolute Gasteiger partial charge is 0.330 e. The molecule has 2 N–H and O–H groups in total. The number of nitrogens with one attached hydrogen (secondary N) is 2. The molecule has 2 rings (SSSR count). The van der Waals surface area contributed by atoms with E-state index in [0.717, 1.165) is 0 Å². The van der Waals surface area contributed by atoms with E-state index in [9.17, 15) is 14.4 Å². The van der Waals surface area contributed by atoms with Crippen LogP contribution in [-0.4, -0.2) is 23.0 Å². The van der Waals surface area contributed by atoms with Crippen molar-refractivity contribution in [2.24, 2.45) is 0 Å². The molecule has 6 nitrogen and oxygen atoms in total. The van der Waals surface area contributed by atoms with Gasteiger partial charge in [0.2, 0.25) is 0 Å². The van der Waals surface area contributed by atoms with Crippen molar-refractivity contribution in [1.82, 2.24) is 9.97 Å². The van der Waals surface area contributed by atoms with Crippen LogP contribution in [0.5, 0.6) is 0 Å². The summed E-state index contributed by atoms with van der Waals surface area (Å²) in [6, 6.07) is 4.85. The van der Waals surface area contributed by atoms with Gasteiger partial charge in [-0.05, 0) is 23.8 Å². The predicted molar refractivity (Wildman–Crippen MR) is 66.2 cm³/mol. The zero-order valence-electron chi connectivity index (χ0n) is 9.52. The van der Waals surface area contributed by atoms with Gasteiger partial charge < -0.3 is 9.72 Å². The number of carbonyl (C=O) groups is 1. The molecular formula is C12H10N2O4. The van der Waals surface area contributed by atoms with E-state index in [4.69, 9.17) is 0 Å². The van der Waals surface area contributed by atoms with E-state index in [1.54, 1.807) is 18.2 Å². The highest BCUT2D eigenvalue weighted by atomic mass is 16.5. The van der Waals surface area contributed by atoms with Crippen molar-refractivity contribution in [3.05, 3.63) is 50.7 Å². The Morgan fingerprint density at radius 1 is 1.28 bits per heavy atom. The molecule has 0 amide bonds. The zero-order valence-corrected chi connectivity index (χ0v) is 9.52. The van der Waals surface area contributed by atoms with Gasteiger partial charge in [0.25, 0.3) is 5.56 Å². The van der Waals surface area contributed by atoms with Crippen LogP contribution in [0.1, 0.15) is 5.56 Å². The highest BCUT2D eigenvalue weighted by molar-refractivity contribution is 5.88. The fourth-order valence-corrected chi connectivity index (χ4v) is 1.52. The molecule has 0 spiro atoms. The summed E-state index contributed by atoms with van der Waals surface area (Å²) in [5, 5.41) is 0.349. The van der Waals surface area contributed by atoms with Crippen LogP contribution in [-0.2, 0) is 9.53 Å². The molecule has 2 aromatic rings. The van der Waals surface area contributed by atoms with Gasteiger partial charge in [-0.15, -0.1) is 0 Å². The summed E-state index contributed by atoms with van der Waals surface area (Å²) in [7, 11) is 1.28. The van der Waals surface area contributed by atoms with Gasteiger partial charge in [0.05, 0.1) is 18.0 Å². The van der Waals surface area contributed by atoms with Crippen LogP contribution in [0.3, 0.4) is 0 Å². The Labute approximate surface area is 101 Å². The lowest BCUT2D eigenvalue weighted by molar-refractivity contribution is -0.134. The van der Waals surface area contributed by atoms with Crippen LogP contribution in [0.4, 0.5) is 0 Å². The molecule has 0 unspecified atom stereocenters. The van der Waals surface area contributed by atoms with Crippen LogP contribution in [0, 0.1) is 0 Å². The second kappa shape index (κ2) is 4.70. The van der Waals surface area contributed by atoms with Gasteiger partial charge >= 0.3 is 11.7 Å². The maximum absolute atomic E-state index is 11.6. The summed E-state index contributed by atoms with van der Waals surface area (Å²) in [6.45, 7) is 0. The summed E-state index contributed by atoms with van der Waals surface area (Å²) in [4.78, 5) is 38.2. The molecule has 1 heterocycles. The lowest BCUT2D eigenvalue weighted by Gasteiger charge is -1.98. The zero-order chi connectivity index (χ0) is 13.1. The van der Waals surface area contributed by atoms with E-state index in [0.29, 0.717) is 16.5 Å². The standard InChI is InChI=1S/C12H10N2O4/c1-18-10(15)5-3-7-2-4-9-8(6-7)11(16)14-12(17)13-9/h2-6H,1H3,(H2,13,14,16,17). The third-order valence-electron chi connectivity index (χ3n) is 2.38. The number of esters is 1. The lowest BCUT2D eigenvalue weighted by Crippen LogP contribution is -2.21. The van der Waals surface area contributed by atoms with Gasteiger partial charge in [-0.2, -0.15) is 0 Å². The summed E-state index contributed by atoms with van der Waals surface area (Å²) >= 11 is 0. The average molecular weight is 246 g/mol. The first-order valence-corrected chi connectivity index (χ1v) is 5.12. The second-order valence-corrected chi connectivity index (χ2v) is 3.57. The maximum atomic E-state index is 11.6. The third-order valence-corrected chi connectivity index (χ3v) is 2.38. The molecule has 0 fully saturated rings. The first-order valence-electron chi connectivity index (χ1n) is 5.12. The van der Waals surface area contributed by atoms with Gasteiger partial charge in [0.15, 0.2) is 0 Å². The van der Waals surface area contributed by atoms with Crippen molar-refractivity contribution in [2.45, 2.75) is 0 Å². The van der Waals surface area contributed by atoms with Crippen LogP contribution in [0.15, 0.2) is 33.9 Å². The van der Waals surface area contributed by atoms with Crippen LogP contribution in [0.25, 0.3) is 17.0 Å². The van der Waals surface area contributed by atoms with Crippen molar-refractivity contribution < 1.29 is 9.53 Å². The largest absolute Gasteiger partial charge is 0.466 e. The fraction of sp³-hybridized carbons (Fsp3) is 0.0833. The van der Waals surface area contributed by atoms with E-state index in [1.165, 1.54) is 19.3 Å². The minimum absolute atomic E-state index is 0.349. The summed E-state index contributed by atoms with van der Waals surface area (Å²) < 4.78 is 4.46. The van der Waals surface area contributed by atoms with Gasteiger partial charge in [-0.1, -0.05) is 6.07 Å². The van der Waals surface area contributed by atoms with Gasteiger partial charge in [0.1, 0.15) is 0 Å². The highest BCUT2D eigenvalue weighted by Crippen LogP contribution is 2.10. The Hall–Kier alpha value is -2.63. The quantitative estimate of drug-likeness (QED) is 0.592. The average Bonchev–Trinajstić information content (AvgIpc) is 2.36. The van der Waals surface area contributed by atoms with E-state index < -0.39 is 17.2 Å². The van der Waals surface area contributed by atoms with Crippen molar-refractivity contribution >= 4 is 22.9 Å². The Bertz CT molecular complexity index is 740. The summed E-state index contributed by atoms with van der Waals surface area (Å²) in [5.74, 6) is -0.481. The highest BCUT2D eigenvalue weighted by Gasteiger charge is 2.01. The van der Waals surface area contributed by atoms with Crippen LogP contribution < -0.4 is 11.2 Å². The van der Waals surface area contributed by atoms with Gasteiger partial charge in [-0.3, -0.25) is 9.78 Å². The molecule has 1 aromatic heterocycles. The minimum Gasteiger partial charge on any atom is -0.466 e. The lowest BCUT2D eigenvalue weighted by atomic mass is 10.1. The van der Waals surface area contributed by atoms with Crippen molar-refractivity contribution in [3.8, 4) is 0 Å². The summed E-state index contributed by atoms with van der Waals surface area (Å²) in [6.07, 6.45) is 2.77. The van der Waals surface area contributed by atoms with Crippen molar-refractivity contribution in [2.75, 3.05) is 7.11 Å². The van der Waals surface area contributed by atoms with E-state index in [2.05, 4.69) is 14.7 Å². The van der Waals surface area contributed by atoms with Crippen LogP contribution >= 0.6 is 0 Å². The number of aromatic amines is 2. The normalized spacial score (nSPS) is 10.9. The first kappa shape index (κ1) is 11.8. The number of aromatic nitrogens is 2. The Morgan fingerprint density at radius 3 is 2.78 bits per heavy atom. The summed E-state index contributed by atoms with van der Waals surface area (Å²) in [5.41, 5.74) is 0.0804. The van der Waals surface area contributed by atoms with E-state index in [1.807, 2.05) is 0 Å². The molecule has 0 bridgehead atoms. The van der Waals surface area contributed by atoms with Crippen molar-refractivity contribution in [1.29, 1.82) is 0 Å². The van der Waals surface area contributed by atoms with Crippen molar-refractivity contribution in [3.63, 3.8) is 0 Å². The fourth-order valence-electron chi connectivity index (χ4n) is 1.52. The molecule has 6 heteroatoms. The number of hydrogen-bond donors (Lipinski definition) is 2. The third kappa shape index (κ3) is 2.37. The predicted octanol–water partition coefficient (Wildman–Crippen LogP) is 0.403. The number of H-pyrrole nitrogens is 2. The first-order chi connectivity index (χ1) is 8.60. The molecule has 0 aliphatic carbocycles. The Kier molecular flexibility index (Phi) is 3.09. The van der Waals surface area contributed by atoms with Crippen LogP contribution in [0.2, 0.25) is 0 Å². The second-order valence-electron chi connectivity index (χ2n) is 3.57. The van der Waals surface area contributed by atoms with Gasteiger partial charge in [-0.25, -0.2) is 9.59 Å². The van der Waals surface area contributed by atoms with E-state index in [-0.39, 0.29) is 0 Å². The van der Waals surface area contributed by atoms with E-state index >= 15 is 0 Å². The maximum Gasteiger partial charge on any atom is 0.330 e. The molecule has 1 aromatic carbocycles.